The zero-order valence-corrected chi connectivity index (χ0v) is 10.8. The first-order chi connectivity index (χ1) is 9.49. The standard InChI is InChI=1S/C15H13NO4/c1-9-6-7-10(8-13(9)17)14(18)16-12-5-3-2-4-11(12)15(19)20/h2-8,17H,1H3,(H,16,18)(H,19,20). The fourth-order valence-electron chi connectivity index (χ4n) is 1.72. The van der Waals surface area contributed by atoms with Gasteiger partial charge in [0.15, 0.2) is 0 Å². The molecule has 2 rings (SSSR count). The fraction of sp³-hybridized carbons (Fsp3) is 0.0667. The van der Waals surface area contributed by atoms with Gasteiger partial charge in [-0.05, 0) is 36.8 Å². The number of carboxylic acid groups (broad SMARTS) is 1. The summed E-state index contributed by atoms with van der Waals surface area (Å²) >= 11 is 0. The quantitative estimate of drug-likeness (QED) is 0.801. The van der Waals surface area contributed by atoms with E-state index in [1.165, 1.54) is 18.2 Å². The molecule has 1 amide bonds. The van der Waals surface area contributed by atoms with Gasteiger partial charge in [-0.25, -0.2) is 4.79 Å². The number of amides is 1. The number of phenolic OH excluding ortho intramolecular Hbond substituents is 1. The van der Waals surface area contributed by atoms with E-state index in [9.17, 15) is 14.7 Å². The second-order valence-electron chi connectivity index (χ2n) is 4.31. The number of para-hydroxylation sites is 1. The van der Waals surface area contributed by atoms with Gasteiger partial charge in [-0.1, -0.05) is 18.2 Å². The summed E-state index contributed by atoms with van der Waals surface area (Å²) in [6.07, 6.45) is 0. The zero-order chi connectivity index (χ0) is 14.7. The predicted molar refractivity (Wildman–Crippen MR) is 74.2 cm³/mol. The number of phenols is 1. The molecule has 0 bridgehead atoms. The predicted octanol–water partition coefficient (Wildman–Crippen LogP) is 2.65. The van der Waals surface area contributed by atoms with Gasteiger partial charge in [0, 0.05) is 5.56 Å². The van der Waals surface area contributed by atoms with Crippen LogP contribution in [0.2, 0.25) is 0 Å². The number of carbonyl (C=O) groups is 2. The van der Waals surface area contributed by atoms with E-state index >= 15 is 0 Å². The van der Waals surface area contributed by atoms with Gasteiger partial charge in [0.05, 0.1) is 11.3 Å². The minimum atomic E-state index is -1.12. The molecule has 0 spiro atoms. The number of carbonyl (C=O) groups excluding carboxylic acids is 1. The van der Waals surface area contributed by atoms with E-state index in [0.29, 0.717) is 5.56 Å². The molecule has 0 saturated carbocycles. The van der Waals surface area contributed by atoms with Crippen molar-refractivity contribution in [3.8, 4) is 5.75 Å². The number of anilines is 1. The highest BCUT2D eigenvalue weighted by molar-refractivity contribution is 6.07. The molecule has 0 heterocycles. The van der Waals surface area contributed by atoms with E-state index in [-0.39, 0.29) is 22.6 Å². The van der Waals surface area contributed by atoms with Crippen molar-refractivity contribution in [2.45, 2.75) is 6.92 Å². The maximum absolute atomic E-state index is 12.0. The molecule has 0 fully saturated rings. The third-order valence-electron chi connectivity index (χ3n) is 2.88. The number of aryl methyl sites for hydroxylation is 1. The van der Waals surface area contributed by atoms with Crippen LogP contribution in [0.3, 0.4) is 0 Å². The highest BCUT2D eigenvalue weighted by Crippen LogP contribution is 2.20. The molecule has 0 aromatic heterocycles. The Morgan fingerprint density at radius 2 is 1.80 bits per heavy atom. The molecule has 102 valence electrons. The molecule has 0 unspecified atom stereocenters. The molecule has 0 aliphatic rings. The Morgan fingerprint density at radius 3 is 2.45 bits per heavy atom. The summed E-state index contributed by atoms with van der Waals surface area (Å²) < 4.78 is 0. The van der Waals surface area contributed by atoms with Crippen molar-refractivity contribution in [3.63, 3.8) is 0 Å². The average Bonchev–Trinajstić information content (AvgIpc) is 2.42. The first-order valence-corrected chi connectivity index (χ1v) is 5.92. The van der Waals surface area contributed by atoms with E-state index in [1.807, 2.05) is 0 Å². The van der Waals surface area contributed by atoms with Crippen molar-refractivity contribution in [1.82, 2.24) is 0 Å². The van der Waals surface area contributed by atoms with Crippen LogP contribution in [-0.2, 0) is 0 Å². The minimum Gasteiger partial charge on any atom is -0.508 e. The Kier molecular flexibility index (Phi) is 3.70. The molecule has 0 radical (unpaired) electrons. The number of carboxylic acids is 1. The van der Waals surface area contributed by atoms with Crippen LogP contribution >= 0.6 is 0 Å². The minimum absolute atomic E-state index is 0.0113. The number of aromatic carboxylic acids is 1. The first kappa shape index (κ1) is 13.6. The molecule has 2 aromatic carbocycles. The lowest BCUT2D eigenvalue weighted by molar-refractivity contribution is 0.0698. The molecular weight excluding hydrogens is 258 g/mol. The summed E-state index contributed by atoms with van der Waals surface area (Å²) in [6, 6.07) is 10.7. The van der Waals surface area contributed by atoms with Crippen LogP contribution in [0.1, 0.15) is 26.3 Å². The highest BCUT2D eigenvalue weighted by atomic mass is 16.4. The smallest absolute Gasteiger partial charge is 0.337 e. The second-order valence-corrected chi connectivity index (χ2v) is 4.31. The van der Waals surface area contributed by atoms with Crippen LogP contribution in [0.15, 0.2) is 42.5 Å². The van der Waals surface area contributed by atoms with Gasteiger partial charge in [0.25, 0.3) is 5.91 Å². The fourth-order valence-corrected chi connectivity index (χ4v) is 1.72. The third-order valence-corrected chi connectivity index (χ3v) is 2.88. The molecule has 20 heavy (non-hydrogen) atoms. The molecule has 5 heteroatoms. The van der Waals surface area contributed by atoms with Crippen LogP contribution in [0.4, 0.5) is 5.69 Å². The Hall–Kier alpha value is -2.82. The maximum atomic E-state index is 12.0. The number of aromatic hydroxyl groups is 1. The van der Waals surface area contributed by atoms with Crippen molar-refractivity contribution in [3.05, 3.63) is 59.2 Å². The molecule has 0 aliphatic carbocycles. The van der Waals surface area contributed by atoms with Gasteiger partial charge < -0.3 is 15.5 Å². The van der Waals surface area contributed by atoms with E-state index in [4.69, 9.17) is 5.11 Å². The monoisotopic (exact) mass is 271 g/mol. The van der Waals surface area contributed by atoms with Gasteiger partial charge in [-0.2, -0.15) is 0 Å². The molecule has 3 N–H and O–H groups in total. The Labute approximate surface area is 115 Å². The van der Waals surface area contributed by atoms with Crippen LogP contribution in [-0.4, -0.2) is 22.1 Å². The SMILES string of the molecule is Cc1ccc(C(=O)Nc2ccccc2C(=O)O)cc1O. The average molecular weight is 271 g/mol. The summed E-state index contributed by atoms with van der Waals surface area (Å²) in [5, 5.41) is 21.1. The van der Waals surface area contributed by atoms with Crippen LogP contribution in [0.25, 0.3) is 0 Å². The summed E-state index contributed by atoms with van der Waals surface area (Å²) in [5.74, 6) is -1.58. The lowest BCUT2D eigenvalue weighted by Gasteiger charge is -2.09. The molecule has 2 aromatic rings. The summed E-state index contributed by atoms with van der Waals surface area (Å²) in [6.45, 7) is 1.72. The van der Waals surface area contributed by atoms with E-state index in [1.54, 1.807) is 31.2 Å². The largest absolute Gasteiger partial charge is 0.508 e. The van der Waals surface area contributed by atoms with Crippen molar-refractivity contribution in [2.75, 3.05) is 5.32 Å². The van der Waals surface area contributed by atoms with Gasteiger partial charge in [-0.3, -0.25) is 4.79 Å². The zero-order valence-electron chi connectivity index (χ0n) is 10.8. The van der Waals surface area contributed by atoms with Crippen LogP contribution in [0.5, 0.6) is 5.75 Å². The Bertz CT molecular complexity index is 679. The number of hydrogen-bond donors (Lipinski definition) is 3. The Balaban J connectivity index is 2.28. The third kappa shape index (κ3) is 2.77. The normalized spacial score (nSPS) is 10.1. The van der Waals surface area contributed by atoms with Crippen molar-refractivity contribution in [2.24, 2.45) is 0 Å². The lowest BCUT2D eigenvalue weighted by atomic mass is 10.1. The van der Waals surface area contributed by atoms with Gasteiger partial charge in [-0.15, -0.1) is 0 Å². The summed E-state index contributed by atoms with van der Waals surface area (Å²) in [4.78, 5) is 23.1. The van der Waals surface area contributed by atoms with Crippen molar-refractivity contribution < 1.29 is 19.8 Å². The van der Waals surface area contributed by atoms with E-state index in [0.717, 1.165) is 0 Å². The molecule has 5 nitrogen and oxygen atoms in total. The molecule has 0 aliphatic heterocycles. The van der Waals surface area contributed by atoms with Gasteiger partial charge in [0.2, 0.25) is 0 Å². The summed E-state index contributed by atoms with van der Waals surface area (Å²) in [5.41, 5.74) is 1.14. The van der Waals surface area contributed by atoms with Gasteiger partial charge in [0.1, 0.15) is 5.75 Å². The number of nitrogens with one attached hydrogen (secondary N) is 1. The summed E-state index contributed by atoms with van der Waals surface area (Å²) in [7, 11) is 0. The number of rotatable bonds is 3. The Morgan fingerprint density at radius 1 is 1.10 bits per heavy atom. The van der Waals surface area contributed by atoms with E-state index < -0.39 is 11.9 Å². The number of hydrogen-bond acceptors (Lipinski definition) is 3. The topological polar surface area (TPSA) is 86.6 Å². The first-order valence-electron chi connectivity index (χ1n) is 5.92. The molecule has 0 atom stereocenters. The van der Waals surface area contributed by atoms with E-state index in [2.05, 4.69) is 5.32 Å². The lowest BCUT2D eigenvalue weighted by Crippen LogP contribution is -2.14. The van der Waals surface area contributed by atoms with Crippen LogP contribution < -0.4 is 5.32 Å². The van der Waals surface area contributed by atoms with Crippen LogP contribution in [0, 0.1) is 6.92 Å². The molecular formula is C15H13NO4. The molecule has 0 saturated heterocycles. The number of benzene rings is 2. The second kappa shape index (κ2) is 5.44. The van der Waals surface area contributed by atoms with Crippen molar-refractivity contribution in [1.29, 1.82) is 0 Å². The maximum Gasteiger partial charge on any atom is 0.337 e. The van der Waals surface area contributed by atoms with Crippen molar-refractivity contribution >= 4 is 17.6 Å². The van der Waals surface area contributed by atoms with Gasteiger partial charge >= 0.3 is 5.97 Å². The highest BCUT2D eigenvalue weighted by Gasteiger charge is 2.13.